The molecule has 43 heavy (non-hydrogen) atoms. The number of benzene rings is 2. The highest BCUT2D eigenvalue weighted by Crippen LogP contribution is 2.50. The number of carboxylic acids is 1. The topological polar surface area (TPSA) is 284 Å². The lowest BCUT2D eigenvalue weighted by molar-refractivity contribution is -0.277. The average molecular weight is 611 g/mol. The first-order valence-corrected chi connectivity index (χ1v) is 13.1. The molecule has 11 N–H and O–H groups in total. The SMILES string of the molecule is O=C(O)c1cc(O)c2c(c1)[C@](O)(C1O[C@H](CO)[C@@H](O)[C@H](O)[C@H]1O)c1cccc(O[C@@H]3O[C@H](CO)[C@@H](O)[C@H](O)[C@H]3O)c1C2=O. The second-order valence-electron chi connectivity index (χ2n) is 10.6. The molecule has 16 heteroatoms. The molecule has 2 aromatic carbocycles. The second-order valence-corrected chi connectivity index (χ2v) is 10.6. The Hall–Kier alpha value is -3.26. The molecule has 5 rings (SSSR count). The Morgan fingerprint density at radius 3 is 2.02 bits per heavy atom. The summed E-state index contributed by atoms with van der Waals surface area (Å²) in [7, 11) is 0. The van der Waals surface area contributed by atoms with E-state index in [1.165, 1.54) is 18.2 Å². The van der Waals surface area contributed by atoms with Crippen molar-refractivity contribution < 1.29 is 80.0 Å². The van der Waals surface area contributed by atoms with Crippen LogP contribution in [0.25, 0.3) is 0 Å². The molecule has 234 valence electrons. The van der Waals surface area contributed by atoms with E-state index in [0.29, 0.717) is 0 Å². The maximum atomic E-state index is 13.9. The number of aliphatic hydroxyl groups is 9. The van der Waals surface area contributed by atoms with Gasteiger partial charge >= 0.3 is 5.97 Å². The van der Waals surface area contributed by atoms with Crippen molar-refractivity contribution in [2.75, 3.05) is 13.2 Å². The van der Waals surface area contributed by atoms with E-state index in [2.05, 4.69) is 0 Å². The molecule has 11 atom stereocenters. The zero-order valence-corrected chi connectivity index (χ0v) is 22.0. The second kappa shape index (κ2) is 11.3. The van der Waals surface area contributed by atoms with Crippen molar-refractivity contribution in [3.8, 4) is 11.5 Å². The fraction of sp³-hybridized carbons (Fsp3) is 0.481. The molecule has 0 radical (unpaired) electrons. The van der Waals surface area contributed by atoms with Gasteiger partial charge in [0, 0.05) is 11.1 Å². The van der Waals surface area contributed by atoms with Crippen LogP contribution in [0.15, 0.2) is 30.3 Å². The third-order valence-electron chi connectivity index (χ3n) is 8.06. The highest BCUT2D eigenvalue weighted by molar-refractivity contribution is 6.16. The van der Waals surface area contributed by atoms with Crippen LogP contribution in [0, 0.1) is 0 Å². The number of carbonyl (C=O) groups is 2. The number of aromatic carboxylic acids is 1. The number of fused-ring (bicyclic) bond motifs is 2. The predicted octanol–water partition coefficient (Wildman–Crippen LogP) is -4.11. The van der Waals surface area contributed by atoms with Crippen LogP contribution in [0.2, 0.25) is 0 Å². The molecule has 2 aromatic rings. The number of ether oxygens (including phenoxy) is 3. The zero-order chi connectivity index (χ0) is 31.5. The fourth-order valence-electron chi connectivity index (χ4n) is 5.78. The van der Waals surface area contributed by atoms with Gasteiger partial charge in [-0.3, -0.25) is 4.79 Å². The summed E-state index contributed by atoms with van der Waals surface area (Å²) in [5.41, 5.74) is -5.48. The molecule has 1 aliphatic carbocycles. The first-order chi connectivity index (χ1) is 20.3. The number of phenolic OH excluding ortho intramolecular Hbond substituents is 1. The molecular weight excluding hydrogens is 580 g/mol. The van der Waals surface area contributed by atoms with Gasteiger partial charge in [-0.05, 0) is 18.2 Å². The first-order valence-electron chi connectivity index (χ1n) is 13.1. The van der Waals surface area contributed by atoms with Crippen LogP contribution in [0.3, 0.4) is 0 Å². The van der Waals surface area contributed by atoms with Crippen molar-refractivity contribution in [2.24, 2.45) is 0 Å². The molecule has 0 amide bonds. The molecule has 3 aliphatic rings. The van der Waals surface area contributed by atoms with Gasteiger partial charge in [0.1, 0.15) is 72.0 Å². The number of phenols is 1. The number of ketones is 1. The van der Waals surface area contributed by atoms with Gasteiger partial charge in [-0.2, -0.15) is 0 Å². The van der Waals surface area contributed by atoms with E-state index in [0.717, 1.165) is 12.1 Å². The number of hydrogen-bond acceptors (Lipinski definition) is 15. The van der Waals surface area contributed by atoms with Gasteiger partial charge in [0.05, 0.1) is 29.9 Å². The van der Waals surface area contributed by atoms with Gasteiger partial charge in [-0.25, -0.2) is 4.79 Å². The largest absolute Gasteiger partial charge is 0.507 e. The third kappa shape index (κ3) is 4.77. The Morgan fingerprint density at radius 1 is 0.814 bits per heavy atom. The Balaban J connectivity index is 1.71. The molecule has 0 bridgehead atoms. The normalized spacial score (nSPS) is 37.4. The maximum Gasteiger partial charge on any atom is 0.335 e. The molecule has 2 heterocycles. The Bertz CT molecular complexity index is 1410. The van der Waals surface area contributed by atoms with E-state index >= 15 is 0 Å². The quantitative estimate of drug-likeness (QED) is 0.148. The summed E-state index contributed by atoms with van der Waals surface area (Å²) < 4.78 is 16.7. The smallest absolute Gasteiger partial charge is 0.335 e. The van der Waals surface area contributed by atoms with Gasteiger partial charge in [0.15, 0.2) is 0 Å². The van der Waals surface area contributed by atoms with Gasteiger partial charge in [0.25, 0.3) is 0 Å². The minimum Gasteiger partial charge on any atom is -0.507 e. The molecule has 1 unspecified atom stereocenters. The van der Waals surface area contributed by atoms with Crippen molar-refractivity contribution >= 4 is 11.8 Å². The number of rotatable bonds is 6. The van der Waals surface area contributed by atoms with Gasteiger partial charge in [-0.1, -0.05) is 12.1 Å². The Labute approximate surface area is 241 Å². The summed E-state index contributed by atoms with van der Waals surface area (Å²) >= 11 is 0. The Kier molecular flexibility index (Phi) is 8.22. The summed E-state index contributed by atoms with van der Waals surface area (Å²) in [6.07, 6.45) is -18.2. The summed E-state index contributed by atoms with van der Waals surface area (Å²) in [6, 6.07) is 5.18. The number of carbonyl (C=O) groups excluding carboxylic acids is 1. The zero-order valence-electron chi connectivity index (χ0n) is 22.0. The fourth-order valence-corrected chi connectivity index (χ4v) is 5.78. The number of carboxylic acid groups (broad SMARTS) is 1. The summed E-state index contributed by atoms with van der Waals surface area (Å²) in [5, 5.41) is 115. The van der Waals surface area contributed by atoms with Crippen molar-refractivity contribution in [3.63, 3.8) is 0 Å². The highest BCUT2D eigenvalue weighted by atomic mass is 16.7. The lowest BCUT2D eigenvalue weighted by atomic mass is 9.68. The van der Waals surface area contributed by atoms with Crippen LogP contribution in [-0.4, -0.2) is 142 Å². The van der Waals surface area contributed by atoms with Crippen LogP contribution in [-0.2, 0) is 15.1 Å². The van der Waals surface area contributed by atoms with Crippen LogP contribution in [0.5, 0.6) is 11.5 Å². The summed E-state index contributed by atoms with van der Waals surface area (Å²) in [5.74, 6) is -3.93. The lowest BCUT2D eigenvalue weighted by Gasteiger charge is -2.49. The van der Waals surface area contributed by atoms with E-state index in [1.807, 2.05) is 0 Å². The monoisotopic (exact) mass is 610 g/mol. The standard InChI is InChI=1S/C27H30O16/c28-6-13-17(31)20(34)22(36)24(41-13)27(40)9-2-1-3-12(42-26-23(37)21(35)18(32)14(7-29)43-26)16(9)19(33)15-10(27)4-8(25(38)39)5-11(15)30/h1-5,13-14,17-18,20-24,26,28-32,34-37,40H,6-7H2,(H,38,39)/t13-,14-,17-,18-,20+,21+,22-,23-,24?,26-,27+/m1/s1. The summed E-state index contributed by atoms with van der Waals surface area (Å²) in [6.45, 7) is -1.68. The predicted molar refractivity (Wildman–Crippen MR) is 136 cm³/mol. The number of aromatic hydroxyl groups is 1. The third-order valence-corrected chi connectivity index (χ3v) is 8.06. The Morgan fingerprint density at radius 2 is 1.42 bits per heavy atom. The first kappa shape index (κ1) is 31.2. The molecule has 0 aromatic heterocycles. The van der Waals surface area contributed by atoms with Crippen molar-refractivity contribution in [1.29, 1.82) is 0 Å². The van der Waals surface area contributed by atoms with Gasteiger partial charge in [0.2, 0.25) is 12.1 Å². The van der Waals surface area contributed by atoms with E-state index in [1.54, 1.807) is 0 Å². The van der Waals surface area contributed by atoms with E-state index in [4.69, 9.17) is 14.2 Å². The molecule has 16 nitrogen and oxygen atoms in total. The van der Waals surface area contributed by atoms with E-state index < -0.39 is 131 Å². The summed E-state index contributed by atoms with van der Waals surface area (Å²) in [4.78, 5) is 25.8. The van der Waals surface area contributed by atoms with Gasteiger partial charge < -0.3 is 70.4 Å². The van der Waals surface area contributed by atoms with Crippen molar-refractivity contribution in [2.45, 2.75) is 66.8 Å². The highest BCUT2D eigenvalue weighted by Gasteiger charge is 2.58. The van der Waals surface area contributed by atoms with Crippen molar-refractivity contribution in [1.82, 2.24) is 0 Å². The van der Waals surface area contributed by atoms with Crippen LogP contribution in [0.4, 0.5) is 0 Å². The maximum absolute atomic E-state index is 13.9. The molecule has 2 fully saturated rings. The lowest BCUT2D eigenvalue weighted by Crippen LogP contribution is -2.65. The minimum atomic E-state index is -2.77. The number of hydrogen-bond donors (Lipinski definition) is 11. The van der Waals surface area contributed by atoms with E-state index in [-0.39, 0.29) is 0 Å². The van der Waals surface area contributed by atoms with Crippen LogP contribution < -0.4 is 4.74 Å². The van der Waals surface area contributed by atoms with Crippen LogP contribution in [0.1, 0.15) is 37.4 Å². The van der Waals surface area contributed by atoms with E-state index in [9.17, 15) is 65.8 Å². The van der Waals surface area contributed by atoms with Gasteiger partial charge in [-0.15, -0.1) is 0 Å². The molecule has 2 saturated heterocycles. The van der Waals surface area contributed by atoms with Crippen molar-refractivity contribution in [3.05, 3.63) is 58.1 Å². The molecule has 0 saturated carbocycles. The number of aliphatic hydroxyl groups excluding tert-OH is 8. The molecule has 2 aliphatic heterocycles. The van der Waals surface area contributed by atoms with Crippen LogP contribution >= 0.6 is 0 Å². The average Bonchev–Trinajstić information content (AvgIpc) is 2.98. The molecular formula is C27H30O16. The molecule has 0 spiro atoms. The minimum absolute atomic E-state index is 0.404.